The molecule has 1 aromatic heterocycles. The third kappa shape index (κ3) is 4.82. The number of hydrogen-bond acceptors (Lipinski definition) is 6. The van der Waals surface area contributed by atoms with Gasteiger partial charge in [-0.3, -0.25) is 4.79 Å². The van der Waals surface area contributed by atoms with Crippen LogP contribution in [0.2, 0.25) is 5.28 Å². The van der Waals surface area contributed by atoms with E-state index in [9.17, 15) is 9.90 Å². The van der Waals surface area contributed by atoms with Crippen molar-refractivity contribution in [3.05, 3.63) is 65.1 Å². The monoisotopic (exact) mass is 412 g/mol. The first-order valence-electron chi connectivity index (χ1n) is 8.79. The molecule has 8 heteroatoms. The number of aliphatic hydroxyl groups is 1. The molecule has 0 aliphatic rings. The molecule has 1 heterocycles. The van der Waals surface area contributed by atoms with Crippen molar-refractivity contribution < 1.29 is 14.6 Å². The number of carbonyl (C=O) groups is 1. The Labute approximate surface area is 173 Å². The fourth-order valence-electron chi connectivity index (χ4n) is 2.78. The molecule has 150 valence electrons. The fraction of sp³-hybridized carbons (Fsp3) is 0.190. The standard InChI is InChI=1S/C21H21ClN4O3/c1-21(2,28)14-8-13(12-4-6-16(29-3)7-5-12)9-15(10-14)25-19-17(18(23)27)11-24-20(22)26-19/h4-11,28H,1-3H3,(H2,23,27)(H,24,25,26). The second-order valence-electron chi connectivity index (χ2n) is 6.98. The Kier molecular flexibility index (Phi) is 5.72. The van der Waals surface area contributed by atoms with Crippen molar-refractivity contribution in [3.63, 3.8) is 0 Å². The van der Waals surface area contributed by atoms with Crippen LogP contribution >= 0.6 is 11.6 Å². The quantitative estimate of drug-likeness (QED) is 0.530. The summed E-state index contributed by atoms with van der Waals surface area (Å²) in [6, 6.07) is 13.1. The molecule has 3 rings (SSSR count). The van der Waals surface area contributed by atoms with Gasteiger partial charge < -0.3 is 20.9 Å². The van der Waals surface area contributed by atoms with E-state index < -0.39 is 11.5 Å². The van der Waals surface area contributed by atoms with Crippen LogP contribution < -0.4 is 15.8 Å². The van der Waals surface area contributed by atoms with Gasteiger partial charge in [0.15, 0.2) is 0 Å². The summed E-state index contributed by atoms with van der Waals surface area (Å²) in [5.74, 6) is 0.247. The number of aromatic nitrogens is 2. The Hall–Kier alpha value is -3.16. The maximum Gasteiger partial charge on any atom is 0.254 e. The van der Waals surface area contributed by atoms with Gasteiger partial charge in [0.1, 0.15) is 17.1 Å². The normalized spacial score (nSPS) is 11.2. The molecule has 3 aromatic rings. The van der Waals surface area contributed by atoms with Gasteiger partial charge in [-0.1, -0.05) is 12.1 Å². The van der Waals surface area contributed by atoms with Crippen LogP contribution in [0.15, 0.2) is 48.7 Å². The lowest BCUT2D eigenvalue weighted by Crippen LogP contribution is -2.17. The Bertz CT molecular complexity index is 1050. The van der Waals surface area contributed by atoms with Crippen molar-refractivity contribution in [3.8, 4) is 16.9 Å². The summed E-state index contributed by atoms with van der Waals surface area (Å²) < 4.78 is 5.21. The summed E-state index contributed by atoms with van der Waals surface area (Å²) in [7, 11) is 1.61. The molecule has 0 atom stereocenters. The molecule has 0 saturated heterocycles. The van der Waals surface area contributed by atoms with Crippen LogP contribution in [0, 0.1) is 0 Å². The smallest absolute Gasteiger partial charge is 0.254 e. The van der Waals surface area contributed by atoms with E-state index in [2.05, 4.69) is 15.3 Å². The van der Waals surface area contributed by atoms with E-state index in [0.717, 1.165) is 16.9 Å². The largest absolute Gasteiger partial charge is 0.497 e. The molecule has 0 aliphatic carbocycles. The second-order valence-corrected chi connectivity index (χ2v) is 7.32. The lowest BCUT2D eigenvalue weighted by atomic mass is 9.93. The molecule has 0 bridgehead atoms. The minimum absolute atomic E-state index is 0.0217. The molecule has 2 aromatic carbocycles. The molecular weight excluding hydrogens is 392 g/mol. The summed E-state index contributed by atoms with van der Waals surface area (Å²) >= 11 is 5.88. The highest BCUT2D eigenvalue weighted by Crippen LogP contribution is 2.32. The van der Waals surface area contributed by atoms with Crippen LogP contribution in [-0.2, 0) is 5.60 Å². The maximum absolute atomic E-state index is 11.7. The van der Waals surface area contributed by atoms with E-state index >= 15 is 0 Å². The summed E-state index contributed by atoms with van der Waals surface area (Å²) in [6.45, 7) is 3.39. The molecular formula is C21H21ClN4O3. The summed E-state index contributed by atoms with van der Waals surface area (Å²) in [5.41, 5.74) is 7.49. The molecule has 0 saturated carbocycles. The van der Waals surface area contributed by atoms with E-state index in [4.69, 9.17) is 22.1 Å². The lowest BCUT2D eigenvalue weighted by Gasteiger charge is -2.21. The third-order valence-corrected chi connectivity index (χ3v) is 4.53. The zero-order chi connectivity index (χ0) is 21.2. The van der Waals surface area contributed by atoms with Gasteiger partial charge in [0, 0.05) is 11.9 Å². The maximum atomic E-state index is 11.7. The van der Waals surface area contributed by atoms with Gasteiger partial charge in [-0.2, -0.15) is 4.98 Å². The van der Waals surface area contributed by atoms with Gasteiger partial charge in [0.05, 0.1) is 12.7 Å². The number of halogens is 1. The molecule has 0 fully saturated rings. The number of nitrogens with one attached hydrogen (secondary N) is 1. The van der Waals surface area contributed by atoms with Crippen molar-refractivity contribution in [1.82, 2.24) is 9.97 Å². The number of carbonyl (C=O) groups excluding carboxylic acids is 1. The first-order chi connectivity index (χ1) is 13.7. The number of benzene rings is 2. The fourth-order valence-corrected chi connectivity index (χ4v) is 2.91. The molecule has 0 aliphatic heterocycles. The van der Waals surface area contributed by atoms with Crippen molar-refractivity contribution in [2.45, 2.75) is 19.4 Å². The van der Waals surface area contributed by atoms with Crippen LogP contribution in [0.4, 0.5) is 11.5 Å². The average Bonchev–Trinajstić information content (AvgIpc) is 2.67. The topological polar surface area (TPSA) is 110 Å². The minimum atomic E-state index is -1.09. The van der Waals surface area contributed by atoms with E-state index in [1.807, 2.05) is 36.4 Å². The predicted octanol–water partition coefficient (Wildman–Crippen LogP) is 3.88. The molecule has 0 spiro atoms. The number of nitrogens with zero attached hydrogens (tertiary/aromatic N) is 2. The van der Waals surface area contributed by atoms with Crippen molar-refractivity contribution >= 4 is 29.0 Å². The summed E-state index contributed by atoms with van der Waals surface area (Å²) in [4.78, 5) is 19.6. The lowest BCUT2D eigenvalue weighted by molar-refractivity contribution is 0.0787. The second kappa shape index (κ2) is 8.06. The van der Waals surface area contributed by atoms with Crippen LogP contribution in [-0.4, -0.2) is 28.1 Å². The van der Waals surface area contributed by atoms with Crippen molar-refractivity contribution in [1.29, 1.82) is 0 Å². The average molecular weight is 413 g/mol. The van der Waals surface area contributed by atoms with Gasteiger partial charge in [-0.25, -0.2) is 4.98 Å². The number of hydrogen-bond donors (Lipinski definition) is 3. The highest BCUT2D eigenvalue weighted by Gasteiger charge is 2.19. The number of methoxy groups -OCH3 is 1. The zero-order valence-electron chi connectivity index (χ0n) is 16.2. The van der Waals surface area contributed by atoms with E-state index in [1.165, 1.54) is 6.20 Å². The van der Waals surface area contributed by atoms with Gasteiger partial charge in [0.2, 0.25) is 5.28 Å². The number of amides is 1. The number of nitrogens with two attached hydrogens (primary N) is 1. The molecule has 0 radical (unpaired) electrons. The number of rotatable bonds is 6. The van der Waals surface area contributed by atoms with Crippen LogP contribution in [0.5, 0.6) is 5.75 Å². The first kappa shape index (κ1) is 20.6. The first-order valence-corrected chi connectivity index (χ1v) is 9.17. The van der Waals surface area contributed by atoms with Gasteiger partial charge >= 0.3 is 0 Å². The van der Waals surface area contributed by atoms with Crippen molar-refractivity contribution in [2.75, 3.05) is 12.4 Å². The molecule has 7 nitrogen and oxygen atoms in total. The van der Waals surface area contributed by atoms with E-state index in [1.54, 1.807) is 27.0 Å². The highest BCUT2D eigenvalue weighted by atomic mass is 35.5. The Balaban J connectivity index is 2.09. The van der Waals surface area contributed by atoms with E-state index in [0.29, 0.717) is 11.3 Å². The Morgan fingerprint density at radius 3 is 2.45 bits per heavy atom. The number of ether oxygens (including phenoxy) is 1. The predicted molar refractivity (Wildman–Crippen MR) is 113 cm³/mol. The highest BCUT2D eigenvalue weighted by molar-refractivity contribution is 6.28. The van der Waals surface area contributed by atoms with Gasteiger partial charge in [-0.05, 0) is 72.5 Å². The zero-order valence-corrected chi connectivity index (χ0v) is 17.0. The Morgan fingerprint density at radius 2 is 1.86 bits per heavy atom. The van der Waals surface area contributed by atoms with E-state index in [-0.39, 0.29) is 16.7 Å². The number of primary amides is 1. The van der Waals surface area contributed by atoms with Gasteiger partial charge in [-0.15, -0.1) is 0 Å². The number of anilines is 2. The summed E-state index contributed by atoms with van der Waals surface area (Å²) in [6.07, 6.45) is 1.27. The van der Waals surface area contributed by atoms with Crippen molar-refractivity contribution in [2.24, 2.45) is 5.73 Å². The van der Waals surface area contributed by atoms with Crippen LogP contribution in [0.25, 0.3) is 11.1 Å². The molecule has 0 unspecified atom stereocenters. The molecule has 29 heavy (non-hydrogen) atoms. The minimum Gasteiger partial charge on any atom is -0.497 e. The molecule has 4 N–H and O–H groups in total. The van der Waals surface area contributed by atoms with Crippen LogP contribution in [0.1, 0.15) is 29.8 Å². The summed E-state index contributed by atoms with van der Waals surface area (Å²) in [5, 5.41) is 13.6. The van der Waals surface area contributed by atoms with Crippen LogP contribution in [0.3, 0.4) is 0 Å². The van der Waals surface area contributed by atoms with Gasteiger partial charge in [0.25, 0.3) is 5.91 Å². The Morgan fingerprint density at radius 1 is 1.17 bits per heavy atom. The third-order valence-electron chi connectivity index (χ3n) is 4.35. The SMILES string of the molecule is COc1ccc(-c2cc(Nc3nc(Cl)ncc3C(N)=O)cc(C(C)(C)O)c2)cc1. The molecule has 1 amide bonds.